The first-order valence-electron chi connectivity index (χ1n) is 14.1. The predicted octanol–water partition coefficient (Wildman–Crippen LogP) is 5.59. The van der Waals surface area contributed by atoms with Crippen LogP contribution in [0.25, 0.3) is 0 Å². The third kappa shape index (κ3) is 6.53. The van der Waals surface area contributed by atoms with Gasteiger partial charge in [-0.25, -0.2) is 0 Å². The van der Waals surface area contributed by atoms with Gasteiger partial charge >= 0.3 is 0 Å². The number of carbonyl (C=O) groups is 1. The van der Waals surface area contributed by atoms with Crippen molar-refractivity contribution in [1.82, 2.24) is 15.5 Å². The van der Waals surface area contributed by atoms with Crippen molar-refractivity contribution in [3.05, 3.63) is 30.3 Å². The zero-order chi connectivity index (χ0) is 24.0. The van der Waals surface area contributed by atoms with E-state index in [0.29, 0.717) is 0 Å². The third-order valence-corrected chi connectivity index (χ3v) is 9.01. The summed E-state index contributed by atoms with van der Waals surface area (Å²) in [6.45, 7) is 7.95. The van der Waals surface area contributed by atoms with Crippen LogP contribution in [-0.2, 0) is 4.79 Å². The number of nitrogens with zero attached hydrogens (tertiary/aromatic N) is 2. The number of anilines is 1. The molecule has 1 aliphatic carbocycles. The van der Waals surface area contributed by atoms with Crippen LogP contribution in [0, 0.1) is 11.8 Å². The van der Waals surface area contributed by atoms with E-state index in [4.69, 9.17) is 0 Å². The van der Waals surface area contributed by atoms with Crippen LogP contribution in [0.2, 0.25) is 0 Å². The minimum atomic E-state index is -0.385. The first kappa shape index (κ1) is 28.3. The van der Waals surface area contributed by atoms with Gasteiger partial charge < -0.3 is 20.4 Å². The minimum absolute atomic E-state index is 0. The van der Waals surface area contributed by atoms with Crippen LogP contribution in [0.15, 0.2) is 30.3 Å². The van der Waals surface area contributed by atoms with Crippen LogP contribution in [-0.4, -0.2) is 55.2 Å². The predicted molar refractivity (Wildman–Crippen MR) is 149 cm³/mol. The van der Waals surface area contributed by atoms with Gasteiger partial charge in [0.2, 0.25) is 5.91 Å². The number of hydrogen-bond donors (Lipinski definition) is 2. The Balaban J connectivity index is 0.00000342. The summed E-state index contributed by atoms with van der Waals surface area (Å²) in [7, 11) is 2.02. The fourth-order valence-electron chi connectivity index (χ4n) is 6.83. The molecule has 1 spiro atoms. The molecule has 1 aromatic carbocycles. The molecule has 198 valence electrons. The van der Waals surface area contributed by atoms with Crippen molar-refractivity contribution in [1.29, 1.82) is 0 Å². The summed E-state index contributed by atoms with van der Waals surface area (Å²) in [5.74, 6) is 1.98. The van der Waals surface area contributed by atoms with Crippen LogP contribution in [0.3, 0.4) is 0 Å². The average molecular weight is 505 g/mol. The van der Waals surface area contributed by atoms with E-state index >= 15 is 0 Å². The van der Waals surface area contributed by atoms with Crippen molar-refractivity contribution >= 4 is 24.0 Å². The quantitative estimate of drug-likeness (QED) is 0.408. The molecule has 35 heavy (non-hydrogen) atoms. The molecule has 1 amide bonds. The van der Waals surface area contributed by atoms with Gasteiger partial charge in [0.15, 0.2) is 0 Å². The normalized spacial score (nSPS) is 26.7. The molecule has 0 bridgehead atoms. The van der Waals surface area contributed by atoms with E-state index in [2.05, 4.69) is 64.6 Å². The number of para-hydroxylation sites is 1. The summed E-state index contributed by atoms with van der Waals surface area (Å²) >= 11 is 0. The Kier molecular flexibility index (Phi) is 10.7. The van der Waals surface area contributed by atoms with Gasteiger partial charge in [0.25, 0.3) is 0 Å². The molecule has 3 aliphatic rings. The van der Waals surface area contributed by atoms with E-state index in [1.165, 1.54) is 57.1 Å². The summed E-state index contributed by atoms with van der Waals surface area (Å²) in [5.41, 5.74) is 0.816. The standard InChI is InChI=1S/C29H48N4O.ClH/c1-23(2)24-14-16-25(17-15-24)32-21-18-29(19-22-32)28(34)31-27(13-9-4-5-10-20-30-3)33(29)26-11-7-6-8-12-26;/h6-8,11-12,23-25,27,30H,4-5,9-10,13-22H2,1-3H3,(H,31,34);1H/t24-,25+,27?;. The Bertz CT molecular complexity index is 757. The Labute approximate surface area is 220 Å². The van der Waals surface area contributed by atoms with Gasteiger partial charge in [0.05, 0.1) is 0 Å². The molecule has 0 radical (unpaired) electrons. The number of halogens is 1. The smallest absolute Gasteiger partial charge is 0.247 e. The molecule has 4 rings (SSSR count). The first-order valence-corrected chi connectivity index (χ1v) is 14.1. The number of likely N-dealkylation sites (tertiary alicyclic amines) is 1. The van der Waals surface area contributed by atoms with Gasteiger partial charge in [-0.15, -0.1) is 12.4 Å². The van der Waals surface area contributed by atoms with Gasteiger partial charge in [-0.2, -0.15) is 0 Å². The Morgan fingerprint density at radius 3 is 2.29 bits per heavy atom. The van der Waals surface area contributed by atoms with E-state index in [0.717, 1.165) is 56.8 Å². The largest absolute Gasteiger partial charge is 0.336 e. The van der Waals surface area contributed by atoms with Gasteiger partial charge in [-0.05, 0) is 95.3 Å². The number of amides is 1. The molecule has 1 atom stereocenters. The topological polar surface area (TPSA) is 47.6 Å². The lowest BCUT2D eigenvalue weighted by Crippen LogP contribution is -2.59. The SMILES string of the molecule is CNCCCCCCC1NC(=O)C2(CCN([C@H]3CC[C@@H](C(C)C)CC3)CC2)N1c1ccccc1.Cl. The molecule has 2 heterocycles. The molecule has 6 heteroatoms. The highest BCUT2D eigenvalue weighted by atomic mass is 35.5. The van der Waals surface area contributed by atoms with Crippen LogP contribution in [0.1, 0.15) is 84.5 Å². The van der Waals surface area contributed by atoms with Crippen molar-refractivity contribution in [3.63, 3.8) is 0 Å². The Hall–Kier alpha value is -1.30. The maximum absolute atomic E-state index is 13.5. The maximum Gasteiger partial charge on any atom is 0.247 e. The molecule has 5 nitrogen and oxygen atoms in total. The Morgan fingerprint density at radius 1 is 1.00 bits per heavy atom. The highest BCUT2D eigenvalue weighted by molar-refractivity contribution is 5.94. The van der Waals surface area contributed by atoms with Crippen molar-refractivity contribution in [3.8, 4) is 0 Å². The average Bonchev–Trinajstić information content (AvgIpc) is 3.12. The second-order valence-corrected chi connectivity index (χ2v) is 11.4. The first-order chi connectivity index (χ1) is 16.5. The number of benzene rings is 1. The van der Waals surface area contributed by atoms with E-state index in [1.807, 2.05) is 7.05 Å². The fourth-order valence-corrected chi connectivity index (χ4v) is 6.83. The molecular formula is C29H49ClN4O. The Morgan fingerprint density at radius 2 is 1.66 bits per heavy atom. The van der Waals surface area contributed by atoms with Crippen molar-refractivity contribution < 1.29 is 4.79 Å². The van der Waals surface area contributed by atoms with E-state index < -0.39 is 0 Å². The van der Waals surface area contributed by atoms with E-state index in [1.54, 1.807) is 0 Å². The minimum Gasteiger partial charge on any atom is -0.336 e. The van der Waals surface area contributed by atoms with Crippen LogP contribution in [0.5, 0.6) is 0 Å². The van der Waals surface area contributed by atoms with Gasteiger partial charge in [-0.1, -0.05) is 44.9 Å². The number of carbonyl (C=O) groups excluding carboxylic acids is 1. The number of piperidine rings is 1. The lowest BCUT2D eigenvalue weighted by atomic mass is 9.78. The molecule has 3 fully saturated rings. The van der Waals surface area contributed by atoms with Gasteiger partial charge in [0.1, 0.15) is 11.7 Å². The second kappa shape index (κ2) is 13.3. The van der Waals surface area contributed by atoms with Gasteiger partial charge in [-0.3, -0.25) is 4.79 Å². The zero-order valence-corrected chi connectivity index (χ0v) is 23.1. The number of hydrogen-bond acceptors (Lipinski definition) is 4. The van der Waals surface area contributed by atoms with Crippen molar-refractivity contribution in [2.75, 3.05) is 31.6 Å². The van der Waals surface area contributed by atoms with E-state index in [9.17, 15) is 4.79 Å². The number of unbranched alkanes of at least 4 members (excludes halogenated alkanes) is 3. The van der Waals surface area contributed by atoms with Crippen molar-refractivity contribution in [2.24, 2.45) is 11.8 Å². The summed E-state index contributed by atoms with van der Waals surface area (Å²) in [6.07, 6.45) is 13.3. The van der Waals surface area contributed by atoms with Crippen molar-refractivity contribution in [2.45, 2.75) is 102 Å². The zero-order valence-electron chi connectivity index (χ0n) is 22.3. The summed E-state index contributed by atoms with van der Waals surface area (Å²) in [5, 5.41) is 6.67. The molecule has 2 saturated heterocycles. The molecule has 1 saturated carbocycles. The van der Waals surface area contributed by atoms with Crippen LogP contribution >= 0.6 is 12.4 Å². The molecular weight excluding hydrogens is 456 g/mol. The summed E-state index contributed by atoms with van der Waals surface area (Å²) in [6, 6.07) is 11.4. The highest BCUT2D eigenvalue weighted by Gasteiger charge is 2.54. The molecule has 0 aromatic heterocycles. The molecule has 2 N–H and O–H groups in total. The monoisotopic (exact) mass is 504 g/mol. The second-order valence-electron chi connectivity index (χ2n) is 11.4. The van der Waals surface area contributed by atoms with Crippen LogP contribution in [0.4, 0.5) is 5.69 Å². The number of nitrogens with one attached hydrogen (secondary N) is 2. The molecule has 1 unspecified atom stereocenters. The lowest BCUT2D eigenvalue weighted by Gasteiger charge is -2.48. The maximum atomic E-state index is 13.5. The fraction of sp³-hybridized carbons (Fsp3) is 0.759. The van der Waals surface area contributed by atoms with Crippen LogP contribution < -0.4 is 15.5 Å². The highest BCUT2D eigenvalue weighted by Crippen LogP contribution is 2.41. The lowest BCUT2D eigenvalue weighted by molar-refractivity contribution is -0.125. The third-order valence-electron chi connectivity index (χ3n) is 9.01. The van der Waals surface area contributed by atoms with Gasteiger partial charge in [0, 0.05) is 24.8 Å². The van der Waals surface area contributed by atoms with E-state index in [-0.39, 0.29) is 30.0 Å². The summed E-state index contributed by atoms with van der Waals surface area (Å²) in [4.78, 5) is 18.7. The molecule has 2 aliphatic heterocycles. The summed E-state index contributed by atoms with van der Waals surface area (Å²) < 4.78 is 0. The number of rotatable bonds is 10. The molecule has 1 aromatic rings.